The number of nitrogens with zero attached hydrogens (tertiary/aromatic N) is 2. The van der Waals surface area contributed by atoms with Crippen LogP contribution in [-0.2, 0) is 6.54 Å². The maximum Gasteiger partial charge on any atom is 0.263 e. The highest BCUT2D eigenvalue weighted by Gasteiger charge is 2.15. The van der Waals surface area contributed by atoms with Gasteiger partial charge in [-0.15, -0.1) is 22.7 Å². The van der Waals surface area contributed by atoms with Crippen LogP contribution in [0.3, 0.4) is 0 Å². The molecule has 0 unspecified atom stereocenters. The molecular formula is C20H18N2O2S2. The van der Waals surface area contributed by atoms with E-state index >= 15 is 0 Å². The lowest BCUT2D eigenvalue weighted by molar-refractivity contribution is 0.408. The van der Waals surface area contributed by atoms with Crippen molar-refractivity contribution in [2.75, 3.05) is 7.11 Å². The van der Waals surface area contributed by atoms with Crippen molar-refractivity contribution < 1.29 is 4.74 Å². The molecule has 0 aliphatic heterocycles. The van der Waals surface area contributed by atoms with E-state index in [1.807, 2.05) is 30.5 Å². The highest BCUT2D eigenvalue weighted by atomic mass is 32.1. The van der Waals surface area contributed by atoms with Gasteiger partial charge in [-0.05, 0) is 32.0 Å². The summed E-state index contributed by atoms with van der Waals surface area (Å²) in [5.74, 6) is 0.780. The Morgan fingerprint density at radius 1 is 1.19 bits per heavy atom. The number of rotatable bonds is 4. The third kappa shape index (κ3) is 2.95. The molecular weight excluding hydrogens is 364 g/mol. The molecule has 0 amide bonds. The van der Waals surface area contributed by atoms with Crippen LogP contribution in [0, 0.1) is 13.8 Å². The third-order valence-electron chi connectivity index (χ3n) is 4.34. The van der Waals surface area contributed by atoms with Gasteiger partial charge >= 0.3 is 0 Å². The molecule has 0 aliphatic carbocycles. The number of hydrogen-bond donors (Lipinski definition) is 0. The van der Waals surface area contributed by atoms with Gasteiger partial charge in [0.25, 0.3) is 5.56 Å². The smallest absolute Gasteiger partial charge is 0.263 e. The van der Waals surface area contributed by atoms with Crippen molar-refractivity contribution in [3.63, 3.8) is 0 Å². The summed E-state index contributed by atoms with van der Waals surface area (Å²) in [5.41, 5.74) is 3.07. The highest BCUT2D eigenvalue weighted by molar-refractivity contribution is 7.19. The van der Waals surface area contributed by atoms with Crippen LogP contribution in [0.15, 0.2) is 46.8 Å². The van der Waals surface area contributed by atoms with E-state index < -0.39 is 0 Å². The lowest BCUT2D eigenvalue weighted by Gasteiger charge is -2.11. The first-order valence-corrected chi connectivity index (χ1v) is 9.93. The minimum absolute atomic E-state index is 0.0131. The lowest BCUT2D eigenvalue weighted by atomic mass is 10.1. The molecule has 0 bridgehead atoms. The molecule has 3 aromatic heterocycles. The quantitative estimate of drug-likeness (QED) is 0.506. The van der Waals surface area contributed by atoms with Gasteiger partial charge in [-0.3, -0.25) is 9.36 Å². The Morgan fingerprint density at radius 2 is 2.04 bits per heavy atom. The van der Waals surface area contributed by atoms with Crippen molar-refractivity contribution in [2.45, 2.75) is 20.4 Å². The van der Waals surface area contributed by atoms with Gasteiger partial charge in [0.1, 0.15) is 10.6 Å². The molecule has 0 saturated carbocycles. The van der Waals surface area contributed by atoms with Crippen molar-refractivity contribution in [3.05, 3.63) is 68.4 Å². The molecule has 3 heterocycles. The van der Waals surface area contributed by atoms with Gasteiger partial charge in [0.15, 0.2) is 0 Å². The largest absolute Gasteiger partial charge is 0.496 e. The van der Waals surface area contributed by atoms with Crippen LogP contribution in [-0.4, -0.2) is 16.7 Å². The van der Waals surface area contributed by atoms with Gasteiger partial charge in [0, 0.05) is 26.3 Å². The number of thiophene rings is 2. The first-order valence-electron chi connectivity index (χ1n) is 8.24. The van der Waals surface area contributed by atoms with Crippen molar-refractivity contribution in [2.24, 2.45) is 0 Å². The molecule has 4 nitrogen and oxygen atoms in total. The fraction of sp³-hybridized carbons (Fsp3) is 0.200. The van der Waals surface area contributed by atoms with Crippen molar-refractivity contribution in [3.8, 4) is 16.2 Å². The summed E-state index contributed by atoms with van der Waals surface area (Å²) in [5, 5.41) is 2.73. The molecule has 26 heavy (non-hydrogen) atoms. The van der Waals surface area contributed by atoms with Crippen molar-refractivity contribution in [1.82, 2.24) is 9.55 Å². The summed E-state index contributed by atoms with van der Waals surface area (Å²) in [7, 11) is 1.65. The maximum absolute atomic E-state index is 13.2. The van der Waals surface area contributed by atoms with Crippen LogP contribution in [0.1, 0.15) is 16.0 Å². The van der Waals surface area contributed by atoms with E-state index in [2.05, 4.69) is 24.0 Å². The van der Waals surface area contributed by atoms with Gasteiger partial charge in [0.2, 0.25) is 0 Å². The summed E-state index contributed by atoms with van der Waals surface area (Å²) in [6.07, 6.45) is 1.63. The Bertz CT molecular complexity index is 1150. The van der Waals surface area contributed by atoms with Gasteiger partial charge in [-0.1, -0.05) is 17.7 Å². The van der Waals surface area contributed by atoms with Crippen LogP contribution in [0.2, 0.25) is 0 Å². The average Bonchev–Trinajstić information content (AvgIpc) is 3.24. The number of benzene rings is 1. The van der Waals surface area contributed by atoms with E-state index in [-0.39, 0.29) is 5.56 Å². The number of aromatic nitrogens is 2. The zero-order valence-corrected chi connectivity index (χ0v) is 16.4. The Kier molecular flexibility index (Phi) is 4.38. The molecule has 6 heteroatoms. The normalized spacial score (nSPS) is 11.2. The van der Waals surface area contributed by atoms with Crippen molar-refractivity contribution in [1.29, 1.82) is 0 Å². The van der Waals surface area contributed by atoms with E-state index in [0.29, 0.717) is 11.9 Å². The molecule has 0 radical (unpaired) electrons. The average molecular weight is 383 g/mol. The van der Waals surface area contributed by atoms with E-state index in [9.17, 15) is 4.79 Å². The second-order valence-electron chi connectivity index (χ2n) is 6.23. The van der Waals surface area contributed by atoms with Crippen LogP contribution >= 0.6 is 22.7 Å². The minimum atomic E-state index is -0.0131. The number of aryl methyl sites for hydroxylation is 2. The lowest BCUT2D eigenvalue weighted by Crippen LogP contribution is -2.21. The molecule has 4 aromatic rings. The molecule has 132 valence electrons. The SMILES string of the molecule is COc1ccc(C)cc1Cn1cnc2scc(-c3ccc(C)s3)c2c1=O. The first-order chi connectivity index (χ1) is 12.6. The monoisotopic (exact) mass is 382 g/mol. The van der Waals surface area contributed by atoms with E-state index in [1.165, 1.54) is 16.2 Å². The van der Waals surface area contributed by atoms with Crippen LogP contribution in [0.25, 0.3) is 20.7 Å². The molecule has 0 aliphatic rings. The molecule has 0 N–H and O–H groups in total. The second kappa shape index (κ2) is 6.70. The highest BCUT2D eigenvalue weighted by Crippen LogP contribution is 2.35. The Hall–Kier alpha value is -2.44. The zero-order valence-electron chi connectivity index (χ0n) is 14.8. The standard InChI is InChI=1S/C20H18N2O2S2/c1-12-4-6-16(24-3)14(8-12)9-22-11-21-19-18(20(22)23)15(10-25-19)17-7-5-13(2)26-17/h4-8,10-11H,9H2,1-3H3. The molecule has 0 fully saturated rings. The third-order valence-corrected chi connectivity index (χ3v) is 6.26. The fourth-order valence-electron chi connectivity index (χ4n) is 3.06. The Morgan fingerprint density at radius 3 is 2.77 bits per heavy atom. The topological polar surface area (TPSA) is 44.1 Å². The zero-order chi connectivity index (χ0) is 18.3. The maximum atomic E-state index is 13.2. The van der Waals surface area contributed by atoms with Gasteiger partial charge in [-0.25, -0.2) is 4.98 Å². The van der Waals surface area contributed by atoms with Gasteiger partial charge in [-0.2, -0.15) is 0 Å². The van der Waals surface area contributed by atoms with E-state index in [1.54, 1.807) is 29.3 Å². The van der Waals surface area contributed by atoms with Crippen LogP contribution in [0.5, 0.6) is 5.75 Å². The van der Waals surface area contributed by atoms with E-state index in [4.69, 9.17) is 4.74 Å². The predicted molar refractivity (Wildman–Crippen MR) is 109 cm³/mol. The minimum Gasteiger partial charge on any atom is -0.496 e. The number of fused-ring (bicyclic) bond motifs is 1. The van der Waals surface area contributed by atoms with Gasteiger partial charge < -0.3 is 4.74 Å². The fourth-order valence-corrected chi connectivity index (χ4v) is 4.92. The molecule has 0 saturated heterocycles. The van der Waals surface area contributed by atoms with E-state index in [0.717, 1.165) is 32.1 Å². The van der Waals surface area contributed by atoms with Crippen molar-refractivity contribution >= 4 is 32.9 Å². The molecule has 0 atom stereocenters. The first kappa shape index (κ1) is 17.0. The summed E-state index contributed by atoms with van der Waals surface area (Å²) in [4.78, 5) is 20.8. The summed E-state index contributed by atoms with van der Waals surface area (Å²) in [6.45, 7) is 4.54. The predicted octanol–water partition coefficient (Wildman–Crippen LogP) is 4.86. The number of methoxy groups -OCH3 is 1. The Balaban J connectivity index is 1.84. The molecule has 4 rings (SSSR count). The molecule has 0 spiro atoms. The summed E-state index contributed by atoms with van der Waals surface area (Å²) < 4.78 is 7.11. The second-order valence-corrected chi connectivity index (χ2v) is 8.38. The Labute approximate surface area is 159 Å². The van der Waals surface area contributed by atoms with Gasteiger partial charge in [0.05, 0.1) is 25.4 Å². The summed E-state index contributed by atoms with van der Waals surface area (Å²) >= 11 is 3.21. The van der Waals surface area contributed by atoms with Crippen LogP contribution < -0.4 is 10.3 Å². The number of hydrogen-bond acceptors (Lipinski definition) is 5. The number of ether oxygens (including phenoxy) is 1. The summed E-state index contributed by atoms with van der Waals surface area (Å²) in [6, 6.07) is 10.1. The van der Waals surface area contributed by atoms with Crippen LogP contribution in [0.4, 0.5) is 0 Å². The molecule has 1 aromatic carbocycles.